The molecule has 0 bridgehead atoms. The normalized spacial score (nSPS) is 24.3. The Balaban J connectivity index is 2.47. The van der Waals surface area contributed by atoms with Crippen molar-refractivity contribution in [2.75, 3.05) is 25.9 Å². The largest absolute Gasteiger partial charge is 0.340 e. The van der Waals surface area contributed by atoms with Gasteiger partial charge in [0.15, 0.2) is 0 Å². The van der Waals surface area contributed by atoms with E-state index in [-0.39, 0.29) is 6.04 Å². The summed E-state index contributed by atoms with van der Waals surface area (Å²) < 4.78 is 0. The Bertz CT molecular complexity index is 209. The Morgan fingerprint density at radius 3 is 3.00 bits per heavy atom. The number of nitrogens with zero attached hydrogens (tertiary/aromatic N) is 1. The molecule has 1 rings (SSSR count). The molecule has 2 unspecified atom stereocenters. The molecule has 1 heterocycles. The molecule has 3 nitrogen and oxygen atoms in total. The van der Waals surface area contributed by atoms with Crippen LogP contribution in [0.3, 0.4) is 0 Å². The molecule has 88 valence electrons. The number of piperidine rings is 1. The van der Waals surface area contributed by atoms with Gasteiger partial charge in [-0.2, -0.15) is 11.8 Å². The smallest absolute Gasteiger partial charge is 0.239 e. The summed E-state index contributed by atoms with van der Waals surface area (Å²) in [5, 5.41) is 3.79. The van der Waals surface area contributed by atoms with Crippen molar-refractivity contribution in [3.05, 3.63) is 0 Å². The predicted octanol–water partition coefficient (Wildman–Crippen LogP) is 1.34. The molecule has 1 fully saturated rings. The maximum Gasteiger partial charge on any atom is 0.239 e. The molecule has 1 amide bonds. The molecule has 0 aromatic rings. The van der Waals surface area contributed by atoms with E-state index >= 15 is 0 Å². The Morgan fingerprint density at radius 2 is 2.40 bits per heavy atom. The SMILES string of the molecule is CCNC1CCCN(CC(C)SC)C1=O. The minimum absolute atomic E-state index is 0.0674. The first-order valence-corrected chi connectivity index (χ1v) is 7.02. The first-order valence-electron chi connectivity index (χ1n) is 5.74. The highest BCUT2D eigenvalue weighted by molar-refractivity contribution is 7.99. The molecular weight excluding hydrogens is 208 g/mol. The molecule has 1 aliphatic heterocycles. The minimum atomic E-state index is 0.0674. The molecule has 0 aliphatic carbocycles. The third kappa shape index (κ3) is 3.68. The highest BCUT2D eigenvalue weighted by Crippen LogP contribution is 2.15. The van der Waals surface area contributed by atoms with Crippen LogP contribution in [0.2, 0.25) is 0 Å². The molecule has 1 N–H and O–H groups in total. The predicted molar refractivity (Wildman–Crippen MR) is 66.3 cm³/mol. The zero-order valence-electron chi connectivity index (χ0n) is 9.95. The monoisotopic (exact) mass is 230 g/mol. The number of hydrogen-bond donors (Lipinski definition) is 1. The molecular formula is C11H22N2OS. The van der Waals surface area contributed by atoms with Crippen LogP contribution in [0.25, 0.3) is 0 Å². The van der Waals surface area contributed by atoms with Gasteiger partial charge in [-0.25, -0.2) is 0 Å². The van der Waals surface area contributed by atoms with Gasteiger partial charge in [-0.05, 0) is 25.6 Å². The molecule has 1 aliphatic rings. The van der Waals surface area contributed by atoms with Gasteiger partial charge in [-0.3, -0.25) is 4.79 Å². The molecule has 0 radical (unpaired) electrons. The van der Waals surface area contributed by atoms with Crippen LogP contribution in [-0.4, -0.2) is 48.0 Å². The van der Waals surface area contributed by atoms with Gasteiger partial charge in [-0.15, -0.1) is 0 Å². The molecule has 1 saturated heterocycles. The second kappa shape index (κ2) is 6.38. The second-order valence-electron chi connectivity index (χ2n) is 4.08. The number of carbonyl (C=O) groups is 1. The van der Waals surface area contributed by atoms with Crippen molar-refractivity contribution in [3.63, 3.8) is 0 Å². The van der Waals surface area contributed by atoms with E-state index in [0.717, 1.165) is 32.5 Å². The number of nitrogens with one attached hydrogen (secondary N) is 1. The van der Waals surface area contributed by atoms with E-state index in [2.05, 4.69) is 25.4 Å². The first-order chi connectivity index (χ1) is 7.19. The number of carbonyl (C=O) groups excluding carboxylic acids is 1. The van der Waals surface area contributed by atoms with Crippen molar-refractivity contribution >= 4 is 17.7 Å². The maximum atomic E-state index is 12.0. The van der Waals surface area contributed by atoms with E-state index in [0.29, 0.717) is 11.2 Å². The Labute approximate surface area is 97.0 Å². The van der Waals surface area contributed by atoms with E-state index in [4.69, 9.17) is 0 Å². The maximum absolute atomic E-state index is 12.0. The van der Waals surface area contributed by atoms with Gasteiger partial charge in [0.05, 0.1) is 6.04 Å². The topological polar surface area (TPSA) is 32.3 Å². The van der Waals surface area contributed by atoms with Crippen LogP contribution >= 0.6 is 11.8 Å². The van der Waals surface area contributed by atoms with Gasteiger partial charge in [0, 0.05) is 18.3 Å². The summed E-state index contributed by atoms with van der Waals surface area (Å²) >= 11 is 1.82. The number of likely N-dealkylation sites (tertiary alicyclic amines) is 1. The van der Waals surface area contributed by atoms with E-state index in [9.17, 15) is 4.79 Å². The summed E-state index contributed by atoms with van der Waals surface area (Å²) in [5.41, 5.74) is 0. The van der Waals surface area contributed by atoms with Crippen molar-refractivity contribution in [3.8, 4) is 0 Å². The lowest BCUT2D eigenvalue weighted by Gasteiger charge is -2.33. The highest BCUT2D eigenvalue weighted by Gasteiger charge is 2.28. The second-order valence-corrected chi connectivity index (χ2v) is 5.36. The fourth-order valence-corrected chi connectivity index (χ4v) is 2.27. The van der Waals surface area contributed by atoms with Gasteiger partial charge >= 0.3 is 0 Å². The number of hydrogen-bond acceptors (Lipinski definition) is 3. The van der Waals surface area contributed by atoms with Gasteiger partial charge < -0.3 is 10.2 Å². The molecule has 0 aromatic carbocycles. The van der Waals surface area contributed by atoms with Crippen molar-refractivity contribution in [2.45, 2.75) is 38.0 Å². The van der Waals surface area contributed by atoms with E-state index in [1.165, 1.54) is 0 Å². The van der Waals surface area contributed by atoms with Crippen LogP contribution in [0, 0.1) is 0 Å². The van der Waals surface area contributed by atoms with Gasteiger partial charge in [0.2, 0.25) is 5.91 Å². The average molecular weight is 230 g/mol. The van der Waals surface area contributed by atoms with Crippen molar-refractivity contribution in [2.24, 2.45) is 0 Å². The summed E-state index contributed by atoms with van der Waals surface area (Å²) in [6, 6.07) is 0.0674. The third-order valence-electron chi connectivity index (χ3n) is 2.86. The lowest BCUT2D eigenvalue weighted by Crippen LogP contribution is -2.51. The summed E-state index contributed by atoms with van der Waals surface area (Å²) in [6.07, 6.45) is 4.22. The zero-order valence-corrected chi connectivity index (χ0v) is 10.8. The fraction of sp³-hybridized carbons (Fsp3) is 0.909. The number of thioether (sulfide) groups is 1. The van der Waals surface area contributed by atoms with Crippen molar-refractivity contribution in [1.82, 2.24) is 10.2 Å². The third-order valence-corrected chi connectivity index (χ3v) is 3.81. The van der Waals surface area contributed by atoms with Crippen LogP contribution in [0.15, 0.2) is 0 Å². The molecule has 15 heavy (non-hydrogen) atoms. The van der Waals surface area contributed by atoms with Gasteiger partial charge in [0.25, 0.3) is 0 Å². The summed E-state index contributed by atoms with van der Waals surface area (Å²) in [5.74, 6) is 0.295. The van der Waals surface area contributed by atoms with Crippen LogP contribution in [0.4, 0.5) is 0 Å². The quantitative estimate of drug-likeness (QED) is 0.773. The van der Waals surface area contributed by atoms with Crippen LogP contribution in [0.1, 0.15) is 26.7 Å². The van der Waals surface area contributed by atoms with Crippen LogP contribution < -0.4 is 5.32 Å². The fourth-order valence-electron chi connectivity index (χ4n) is 1.94. The summed E-state index contributed by atoms with van der Waals surface area (Å²) in [4.78, 5) is 14.0. The van der Waals surface area contributed by atoms with Gasteiger partial charge in [-0.1, -0.05) is 13.8 Å². The summed E-state index contributed by atoms with van der Waals surface area (Å²) in [6.45, 7) is 6.93. The van der Waals surface area contributed by atoms with Crippen LogP contribution in [0.5, 0.6) is 0 Å². The Morgan fingerprint density at radius 1 is 1.67 bits per heavy atom. The average Bonchev–Trinajstić information content (AvgIpc) is 2.24. The zero-order chi connectivity index (χ0) is 11.3. The molecule has 0 aromatic heterocycles. The van der Waals surface area contributed by atoms with E-state index in [1.807, 2.05) is 16.7 Å². The lowest BCUT2D eigenvalue weighted by molar-refractivity contribution is -0.135. The van der Waals surface area contributed by atoms with Crippen LogP contribution in [-0.2, 0) is 4.79 Å². The van der Waals surface area contributed by atoms with Crippen molar-refractivity contribution < 1.29 is 4.79 Å². The number of rotatable bonds is 5. The number of likely N-dealkylation sites (N-methyl/N-ethyl adjacent to an activating group) is 1. The Kier molecular flexibility index (Phi) is 5.47. The number of amides is 1. The molecule has 0 saturated carbocycles. The van der Waals surface area contributed by atoms with Gasteiger partial charge in [0.1, 0.15) is 0 Å². The standard InChI is InChI=1S/C11H22N2OS/c1-4-12-10-6-5-7-13(11(10)14)8-9(2)15-3/h9-10,12H,4-8H2,1-3H3. The van der Waals surface area contributed by atoms with E-state index in [1.54, 1.807) is 0 Å². The molecule has 4 heteroatoms. The lowest BCUT2D eigenvalue weighted by atomic mass is 10.0. The Hall–Kier alpha value is -0.220. The first kappa shape index (κ1) is 12.8. The van der Waals surface area contributed by atoms with E-state index < -0.39 is 0 Å². The summed E-state index contributed by atoms with van der Waals surface area (Å²) in [7, 11) is 0. The highest BCUT2D eigenvalue weighted by atomic mass is 32.2. The minimum Gasteiger partial charge on any atom is -0.340 e. The van der Waals surface area contributed by atoms with Crippen molar-refractivity contribution in [1.29, 1.82) is 0 Å². The molecule has 0 spiro atoms. The molecule has 2 atom stereocenters.